The van der Waals surface area contributed by atoms with Crippen molar-refractivity contribution in [3.05, 3.63) is 41.2 Å². The number of anilines is 1. The first-order chi connectivity index (χ1) is 14.1. The Balaban J connectivity index is 2.51. The monoisotopic (exact) mass is 421 g/mol. The van der Waals surface area contributed by atoms with Crippen molar-refractivity contribution in [3.8, 4) is 5.75 Å². The molecule has 0 bridgehead atoms. The number of fused-ring (bicyclic) bond motifs is 1. The minimum Gasteiger partial charge on any atom is -0.507 e. The number of benzene rings is 1. The Hall–Kier alpha value is -2.71. The molecule has 4 atom stereocenters. The maximum Gasteiger partial charge on any atom is 0.342 e. The Morgan fingerprint density at radius 2 is 1.93 bits per heavy atom. The molecule has 0 aromatic heterocycles. The van der Waals surface area contributed by atoms with Gasteiger partial charge in [0.15, 0.2) is 5.83 Å². The lowest BCUT2D eigenvalue weighted by molar-refractivity contribution is -0.130. The van der Waals surface area contributed by atoms with Crippen LogP contribution in [0.3, 0.4) is 0 Å². The largest absolute Gasteiger partial charge is 0.507 e. The number of hydrogen-bond donors (Lipinski definition) is 4. The van der Waals surface area contributed by atoms with Gasteiger partial charge in [-0.05, 0) is 37.5 Å². The molecule has 2 rings (SSSR count). The van der Waals surface area contributed by atoms with Gasteiger partial charge in [0.25, 0.3) is 0 Å². The molecule has 4 unspecified atom stereocenters. The van der Waals surface area contributed by atoms with Crippen LogP contribution in [0, 0.1) is 5.92 Å². The van der Waals surface area contributed by atoms with Crippen LogP contribution in [-0.4, -0.2) is 51.9 Å². The molecular formula is C22H28FNO6. The quantitative estimate of drug-likeness (QED) is 0.555. The van der Waals surface area contributed by atoms with Gasteiger partial charge in [-0.3, -0.25) is 4.79 Å². The number of carbonyl (C=O) groups excluding carboxylic acids is 2. The van der Waals surface area contributed by atoms with E-state index in [-0.39, 0.29) is 17.7 Å². The smallest absolute Gasteiger partial charge is 0.342 e. The number of aromatic hydroxyl groups is 1. The SMILES string of the molecule is CCCNc1cc(O)c2c(c1)/C=C/CC(O)C(O)C(=O)/C(F)=C\C(C)C(C)OC2=O. The molecule has 1 aromatic carbocycles. The minimum atomic E-state index is -1.93. The highest BCUT2D eigenvalue weighted by Crippen LogP contribution is 2.30. The summed E-state index contributed by atoms with van der Waals surface area (Å²) in [6, 6.07) is 3.06. The average molecular weight is 421 g/mol. The van der Waals surface area contributed by atoms with Crippen LogP contribution in [0.25, 0.3) is 6.08 Å². The number of aliphatic hydroxyl groups excluding tert-OH is 2. The second-order valence-corrected chi connectivity index (χ2v) is 7.39. The van der Waals surface area contributed by atoms with Crippen molar-refractivity contribution in [1.29, 1.82) is 0 Å². The van der Waals surface area contributed by atoms with E-state index in [1.807, 2.05) is 6.92 Å². The lowest BCUT2D eigenvalue weighted by atomic mass is 9.99. The number of phenols is 1. The van der Waals surface area contributed by atoms with E-state index in [0.717, 1.165) is 12.5 Å². The van der Waals surface area contributed by atoms with Gasteiger partial charge in [-0.1, -0.05) is 26.0 Å². The summed E-state index contributed by atoms with van der Waals surface area (Å²) in [5.74, 6) is -4.23. The molecule has 0 amide bonds. The van der Waals surface area contributed by atoms with E-state index in [0.29, 0.717) is 17.8 Å². The van der Waals surface area contributed by atoms with Crippen molar-refractivity contribution in [1.82, 2.24) is 0 Å². The van der Waals surface area contributed by atoms with Crippen LogP contribution in [0.5, 0.6) is 5.75 Å². The van der Waals surface area contributed by atoms with Gasteiger partial charge in [0, 0.05) is 24.2 Å². The standard InChI is InChI=1S/C22H28FNO6/c1-4-8-24-15-10-14-6-5-7-17(25)21(28)20(27)16(23)9-12(2)13(3)30-22(29)19(14)18(26)11-15/h5-6,9-13,17,21,24-26,28H,4,7-8H2,1-3H3/b6-5+,16-9+. The lowest BCUT2D eigenvalue weighted by Crippen LogP contribution is -2.34. The van der Waals surface area contributed by atoms with E-state index in [4.69, 9.17) is 4.74 Å². The maximum absolute atomic E-state index is 14.2. The van der Waals surface area contributed by atoms with Crippen molar-refractivity contribution in [2.24, 2.45) is 5.92 Å². The topological polar surface area (TPSA) is 116 Å². The number of cyclic esters (lactones) is 1. The molecule has 4 N–H and O–H groups in total. The molecule has 164 valence electrons. The zero-order valence-corrected chi connectivity index (χ0v) is 17.3. The molecule has 0 aliphatic carbocycles. The number of hydrogen-bond acceptors (Lipinski definition) is 7. The fourth-order valence-corrected chi connectivity index (χ4v) is 2.94. The summed E-state index contributed by atoms with van der Waals surface area (Å²) >= 11 is 0. The summed E-state index contributed by atoms with van der Waals surface area (Å²) in [4.78, 5) is 24.7. The van der Waals surface area contributed by atoms with E-state index in [1.54, 1.807) is 6.07 Å². The summed E-state index contributed by atoms with van der Waals surface area (Å²) < 4.78 is 19.6. The van der Waals surface area contributed by atoms with Crippen molar-refractivity contribution in [2.75, 3.05) is 11.9 Å². The summed E-state index contributed by atoms with van der Waals surface area (Å²) in [5.41, 5.74) is 0.860. The first-order valence-corrected chi connectivity index (χ1v) is 9.91. The second-order valence-electron chi connectivity index (χ2n) is 7.39. The summed E-state index contributed by atoms with van der Waals surface area (Å²) in [7, 11) is 0. The van der Waals surface area contributed by atoms with Crippen LogP contribution < -0.4 is 5.32 Å². The van der Waals surface area contributed by atoms with Crippen LogP contribution in [0.1, 0.15) is 49.5 Å². The van der Waals surface area contributed by atoms with E-state index >= 15 is 0 Å². The Morgan fingerprint density at radius 1 is 1.23 bits per heavy atom. The molecule has 1 aromatic rings. The molecule has 1 aliphatic heterocycles. The fraction of sp³-hybridized carbons (Fsp3) is 0.455. The van der Waals surface area contributed by atoms with Crippen LogP contribution in [0.15, 0.2) is 30.1 Å². The van der Waals surface area contributed by atoms with Gasteiger partial charge in [0.05, 0.1) is 6.10 Å². The Labute approximate surface area is 174 Å². The van der Waals surface area contributed by atoms with Gasteiger partial charge in [0.2, 0.25) is 5.78 Å². The van der Waals surface area contributed by atoms with E-state index in [1.165, 1.54) is 32.1 Å². The van der Waals surface area contributed by atoms with Gasteiger partial charge < -0.3 is 25.4 Å². The predicted octanol–water partition coefficient (Wildman–Crippen LogP) is 2.96. The first-order valence-electron chi connectivity index (χ1n) is 9.91. The van der Waals surface area contributed by atoms with E-state index < -0.39 is 41.8 Å². The van der Waals surface area contributed by atoms with Gasteiger partial charge in [-0.25, -0.2) is 9.18 Å². The Bertz CT molecular complexity index is 850. The molecule has 7 nitrogen and oxygen atoms in total. The highest BCUT2D eigenvalue weighted by Gasteiger charge is 2.29. The van der Waals surface area contributed by atoms with Crippen LogP contribution in [-0.2, 0) is 9.53 Å². The van der Waals surface area contributed by atoms with Gasteiger partial charge >= 0.3 is 5.97 Å². The Kier molecular flexibility index (Phi) is 8.14. The van der Waals surface area contributed by atoms with Crippen molar-refractivity contribution >= 4 is 23.5 Å². The number of ketones is 1. The van der Waals surface area contributed by atoms with Crippen molar-refractivity contribution in [2.45, 2.75) is 51.9 Å². The van der Waals surface area contributed by atoms with E-state index in [9.17, 15) is 29.3 Å². The third kappa shape index (κ3) is 5.67. The molecule has 1 heterocycles. The van der Waals surface area contributed by atoms with Gasteiger partial charge in [0.1, 0.15) is 23.5 Å². The highest BCUT2D eigenvalue weighted by atomic mass is 19.1. The number of carbonyl (C=O) groups is 2. The average Bonchev–Trinajstić information content (AvgIpc) is 2.69. The van der Waals surface area contributed by atoms with Gasteiger partial charge in [-0.2, -0.15) is 0 Å². The summed E-state index contributed by atoms with van der Waals surface area (Å²) in [6.07, 6.45) is 0.237. The normalized spacial score (nSPS) is 28.5. The van der Waals surface area contributed by atoms with Crippen molar-refractivity contribution < 1.29 is 34.0 Å². The predicted molar refractivity (Wildman–Crippen MR) is 111 cm³/mol. The van der Waals surface area contributed by atoms with Crippen molar-refractivity contribution in [3.63, 3.8) is 0 Å². The van der Waals surface area contributed by atoms with Gasteiger partial charge in [-0.15, -0.1) is 0 Å². The zero-order chi connectivity index (χ0) is 22.4. The molecule has 1 aliphatic rings. The molecule has 30 heavy (non-hydrogen) atoms. The summed E-state index contributed by atoms with van der Waals surface area (Å²) in [6.45, 7) is 5.71. The fourth-order valence-electron chi connectivity index (χ4n) is 2.94. The number of esters is 1. The zero-order valence-electron chi connectivity index (χ0n) is 17.3. The number of ether oxygens (including phenoxy) is 1. The number of halogens is 1. The molecule has 0 saturated carbocycles. The maximum atomic E-state index is 14.2. The number of phenolic OH excluding ortho intramolecular Hbond substituents is 1. The number of Topliss-reactive ketones (excluding diaryl/α,β-unsaturated/α-hetero) is 1. The summed E-state index contributed by atoms with van der Waals surface area (Å²) in [5, 5.41) is 33.6. The van der Waals surface area contributed by atoms with Crippen LogP contribution in [0.2, 0.25) is 0 Å². The highest BCUT2D eigenvalue weighted by molar-refractivity contribution is 5.98. The number of nitrogens with one attached hydrogen (secondary N) is 1. The third-order valence-electron chi connectivity index (χ3n) is 4.92. The van der Waals surface area contributed by atoms with Crippen LogP contribution in [0.4, 0.5) is 10.1 Å². The first kappa shape index (κ1) is 23.6. The van der Waals surface area contributed by atoms with Crippen LogP contribution >= 0.6 is 0 Å². The molecule has 0 spiro atoms. The third-order valence-corrected chi connectivity index (χ3v) is 4.92. The molecule has 0 radical (unpaired) electrons. The van der Waals surface area contributed by atoms with E-state index in [2.05, 4.69) is 5.32 Å². The molecule has 0 saturated heterocycles. The molecular weight excluding hydrogens is 393 g/mol. The minimum absolute atomic E-state index is 0.0695. The lowest BCUT2D eigenvalue weighted by Gasteiger charge is -2.21. The second kappa shape index (κ2) is 10.4. The Morgan fingerprint density at radius 3 is 2.60 bits per heavy atom. The molecule has 8 heteroatoms. The number of aliphatic hydroxyl groups is 2. The molecule has 0 fully saturated rings. The number of rotatable bonds is 3.